The van der Waals surface area contributed by atoms with E-state index in [-0.39, 0.29) is 29.8 Å². The van der Waals surface area contributed by atoms with E-state index in [0.717, 1.165) is 22.3 Å². The molecule has 0 heterocycles. The Hall–Kier alpha value is -2.52. The molecule has 1 aliphatic rings. The van der Waals surface area contributed by atoms with Gasteiger partial charge >= 0.3 is 12.1 Å². The lowest BCUT2D eigenvalue weighted by molar-refractivity contribution is -0.138. The number of thioether (sulfide) groups is 1. The van der Waals surface area contributed by atoms with Gasteiger partial charge in [0, 0.05) is 17.4 Å². The van der Waals surface area contributed by atoms with E-state index < -0.39 is 33.2 Å². The van der Waals surface area contributed by atoms with Gasteiger partial charge in [0.15, 0.2) is 9.84 Å². The first kappa shape index (κ1) is 24.1. The number of alkyl carbamates (subject to hydrolysis) is 1. The van der Waals surface area contributed by atoms with E-state index in [1.54, 1.807) is 13.8 Å². The van der Waals surface area contributed by atoms with Crippen LogP contribution in [0.5, 0.6) is 0 Å². The van der Waals surface area contributed by atoms with Gasteiger partial charge in [0.05, 0.1) is 11.0 Å². The smallest absolute Gasteiger partial charge is 0.407 e. The van der Waals surface area contributed by atoms with Gasteiger partial charge in [-0.25, -0.2) is 18.0 Å². The zero-order valence-electron chi connectivity index (χ0n) is 18.0. The molecule has 32 heavy (non-hydrogen) atoms. The van der Waals surface area contributed by atoms with Crippen LogP contribution >= 0.6 is 11.8 Å². The molecule has 0 saturated carbocycles. The Labute approximate surface area is 192 Å². The molecule has 172 valence electrons. The summed E-state index contributed by atoms with van der Waals surface area (Å²) >= 11 is 1.17. The van der Waals surface area contributed by atoms with Gasteiger partial charge in [-0.1, -0.05) is 48.5 Å². The molecule has 0 radical (unpaired) electrons. The Morgan fingerprint density at radius 2 is 1.62 bits per heavy atom. The fraction of sp³-hybridized carbons (Fsp3) is 0.391. The second-order valence-electron chi connectivity index (χ2n) is 7.85. The standard InChI is InChI=1S/C23H27NO6S2/c1-15(2)32(28,29)12-11-31-14-21(22(25)26)24-23(27)30-13-20-18-9-5-3-7-16(18)17-8-4-6-10-19(17)20/h3-10,15,20-21H,11-14H2,1-2H3,(H,24,27)(H,25,26). The molecule has 0 saturated heterocycles. The molecule has 0 aromatic heterocycles. The molecular weight excluding hydrogens is 450 g/mol. The summed E-state index contributed by atoms with van der Waals surface area (Å²) in [5.74, 6) is -1.04. The Balaban J connectivity index is 1.55. The van der Waals surface area contributed by atoms with Gasteiger partial charge < -0.3 is 15.2 Å². The quantitative estimate of drug-likeness (QED) is 0.504. The summed E-state index contributed by atoms with van der Waals surface area (Å²) in [5, 5.41) is 11.3. The average Bonchev–Trinajstić information content (AvgIpc) is 3.08. The molecule has 0 fully saturated rings. The zero-order valence-corrected chi connectivity index (χ0v) is 19.6. The Kier molecular flexibility index (Phi) is 7.84. The Morgan fingerprint density at radius 3 is 2.16 bits per heavy atom. The first-order chi connectivity index (χ1) is 15.2. The van der Waals surface area contributed by atoms with Gasteiger partial charge in [-0.3, -0.25) is 0 Å². The topological polar surface area (TPSA) is 110 Å². The number of fused-ring (bicyclic) bond motifs is 3. The summed E-state index contributed by atoms with van der Waals surface area (Å²) in [5.41, 5.74) is 4.35. The molecule has 1 atom stereocenters. The number of amides is 1. The number of carboxylic acids is 1. The highest BCUT2D eigenvalue weighted by molar-refractivity contribution is 8.00. The third-order valence-corrected chi connectivity index (χ3v) is 8.98. The van der Waals surface area contributed by atoms with E-state index in [1.807, 2.05) is 48.5 Å². The maximum atomic E-state index is 12.3. The summed E-state index contributed by atoms with van der Waals surface area (Å²) in [6.07, 6.45) is -0.810. The maximum absolute atomic E-state index is 12.3. The first-order valence-electron chi connectivity index (χ1n) is 10.3. The molecule has 0 bridgehead atoms. The minimum Gasteiger partial charge on any atom is -0.480 e. The van der Waals surface area contributed by atoms with Gasteiger partial charge in [-0.2, -0.15) is 11.8 Å². The fourth-order valence-corrected chi connectivity index (χ4v) is 6.07. The lowest BCUT2D eigenvalue weighted by Crippen LogP contribution is -2.43. The van der Waals surface area contributed by atoms with Crippen LogP contribution in [-0.2, 0) is 19.4 Å². The molecule has 9 heteroatoms. The van der Waals surface area contributed by atoms with E-state index in [9.17, 15) is 23.1 Å². The lowest BCUT2D eigenvalue weighted by atomic mass is 9.98. The molecule has 3 rings (SSSR count). The normalized spacial score (nSPS) is 14.0. The van der Waals surface area contributed by atoms with Crippen molar-refractivity contribution in [1.29, 1.82) is 0 Å². The van der Waals surface area contributed by atoms with E-state index >= 15 is 0 Å². The van der Waals surface area contributed by atoms with Crippen molar-refractivity contribution in [3.63, 3.8) is 0 Å². The molecule has 2 aromatic carbocycles. The molecule has 2 aromatic rings. The number of nitrogens with one attached hydrogen (secondary N) is 1. The summed E-state index contributed by atoms with van der Waals surface area (Å²) in [6.45, 7) is 3.31. The minimum atomic E-state index is -3.19. The number of hydrogen-bond donors (Lipinski definition) is 2. The van der Waals surface area contributed by atoms with Crippen LogP contribution in [-0.4, -0.2) is 60.7 Å². The second-order valence-corrected chi connectivity index (χ2v) is 11.7. The highest BCUT2D eigenvalue weighted by Gasteiger charge is 2.29. The highest BCUT2D eigenvalue weighted by Crippen LogP contribution is 2.44. The lowest BCUT2D eigenvalue weighted by Gasteiger charge is -2.17. The highest BCUT2D eigenvalue weighted by atomic mass is 32.2. The number of aliphatic carboxylic acids is 1. The van der Waals surface area contributed by atoms with Gasteiger partial charge in [0.2, 0.25) is 0 Å². The average molecular weight is 478 g/mol. The van der Waals surface area contributed by atoms with Crippen molar-refractivity contribution in [1.82, 2.24) is 5.32 Å². The third-order valence-electron chi connectivity index (χ3n) is 5.45. The monoisotopic (exact) mass is 477 g/mol. The van der Waals surface area contributed by atoms with Crippen LogP contribution in [0.4, 0.5) is 4.79 Å². The molecule has 2 N–H and O–H groups in total. The van der Waals surface area contributed by atoms with Gasteiger partial charge in [0.1, 0.15) is 12.6 Å². The van der Waals surface area contributed by atoms with Crippen LogP contribution in [0.15, 0.2) is 48.5 Å². The van der Waals surface area contributed by atoms with Crippen LogP contribution in [0.2, 0.25) is 0 Å². The largest absolute Gasteiger partial charge is 0.480 e. The Morgan fingerprint density at radius 1 is 1.06 bits per heavy atom. The van der Waals surface area contributed by atoms with Crippen molar-refractivity contribution in [2.75, 3.05) is 23.9 Å². The van der Waals surface area contributed by atoms with Crippen molar-refractivity contribution in [2.24, 2.45) is 0 Å². The molecule has 7 nitrogen and oxygen atoms in total. The van der Waals surface area contributed by atoms with Gasteiger partial charge in [-0.05, 0) is 36.1 Å². The van der Waals surface area contributed by atoms with Crippen LogP contribution in [0.3, 0.4) is 0 Å². The van der Waals surface area contributed by atoms with Crippen LogP contribution in [0, 0.1) is 0 Å². The number of rotatable bonds is 10. The summed E-state index contributed by atoms with van der Waals surface area (Å²) in [7, 11) is -3.19. The van der Waals surface area contributed by atoms with E-state index in [2.05, 4.69) is 5.32 Å². The maximum Gasteiger partial charge on any atom is 0.407 e. The van der Waals surface area contributed by atoms with Crippen molar-refractivity contribution < 1.29 is 27.9 Å². The van der Waals surface area contributed by atoms with Crippen molar-refractivity contribution in [3.8, 4) is 11.1 Å². The number of hydrogen-bond acceptors (Lipinski definition) is 6. The molecule has 1 aliphatic carbocycles. The zero-order chi connectivity index (χ0) is 23.3. The summed E-state index contributed by atoms with van der Waals surface area (Å²) < 4.78 is 29.1. The summed E-state index contributed by atoms with van der Waals surface area (Å²) in [4.78, 5) is 23.8. The summed E-state index contributed by atoms with van der Waals surface area (Å²) in [6, 6.07) is 14.7. The number of benzene rings is 2. The van der Waals surface area contributed by atoms with E-state index in [4.69, 9.17) is 4.74 Å². The molecular formula is C23H27NO6S2. The first-order valence-corrected chi connectivity index (χ1v) is 13.2. The van der Waals surface area contributed by atoms with Gasteiger partial charge in [-0.15, -0.1) is 0 Å². The van der Waals surface area contributed by atoms with E-state index in [0.29, 0.717) is 0 Å². The van der Waals surface area contributed by atoms with Crippen molar-refractivity contribution >= 4 is 33.7 Å². The Bertz CT molecular complexity index is 1040. The van der Waals surface area contributed by atoms with Crippen LogP contribution < -0.4 is 5.32 Å². The number of ether oxygens (including phenoxy) is 1. The molecule has 0 spiro atoms. The minimum absolute atomic E-state index is 0.0351. The van der Waals surface area contributed by atoms with Crippen molar-refractivity contribution in [3.05, 3.63) is 59.7 Å². The van der Waals surface area contributed by atoms with Crippen molar-refractivity contribution in [2.45, 2.75) is 31.1 Å². The van der Waals surface area contributed by atoms with Crippen LogP contribution in [0.1, 0.15) is 30.9 Å². The molecule has 1 unspecified atom stereocenters. The SMILES string of the molecule is CC(C)S(=O)(=O)CCSCC(NC(=O)OCC1c2ccccc2-c2ccccc21)C(=O)O. The predicted molar refractivity (Wildman–Crippen MR) is 126 cm³/mol. The number of carbonyl (C=O) groups excluding carboxylic acids is 1. The predicted octanol–water partition coefficient (Wildman–Crippen LogP) is 3.53. The number of sulfone groups is 1. The second kappa shape index (κ2) is 10.4. The molecule has 1 amide bonds. The van der Waals surface area contributed by atoms with Crippen LogP contribution in [0.25, 0.3) is 11.1 Å². The van der Waals surface area contributed by atoms with E-state index in [1.165, 1.54) is 11.8 Å². The number of carbonyl (C=O) groups is 2. The third kappa shape index (κ3) is 5.63. The fourth-order valence-electron chi connectivity index (χ4n) is 3.57. The number of carboxylic acid groups (broad SMARTS) is 1. The van der Waals surface area contributed by atoms with Gasteiger partial charge in [0.25, 0.3) is 0 Å². The molecule has 0 aliphatic heterocycles.